The summed E-state index contributed by atoms with van der Waals surface area (Å²) in [5.74, 6) is 0.913. The van der Waals surface area contributed by atoms with Gasteiger partial charge in [-0.15, -0.1) is 0 Å². The minimum atomic E-state index is -0.00905. The number of rotatable bonds is 4. The Morgan fingerprint density at radius 2 is 2.28 bits per heavy atom. The average Bonchev–Trinajstić information content (AvgIpc) is 2.37. The Labute approximate surface area is 108 Å². The number of fused-ring (bicyclic) bond motifs is 1. The summed E-state index contributed by atoms with van der Waals surface area (Å²) >= 11 is 0. The van der Waals surface area contributed by atoms with Crippen molar-refractivity contribution in [1.82, 2.24) is 10.2 Å². The largest absolute Gasteiger partial charge is 0.493 e. The average molecular weight is 248 g/mol. The molecule has 0 spiro atoms. The van der Waals surface area contributed by atoms with E-state index in [1.165, 1.54) is 0 Å². The van der Waals surface area contributed by atoms with Crippen LogP contribution in [-0.4, -0.2) is 44.6 Å². The Morgan fingerprint density at radius 3 is 3.06 bits per heavy atom. The highest BCUT2D eigenvalue weighted by molar-refractivity contribution is 5.94. The summed E-state index contributed by atoms with van der Waals surface area (Å²) in [6, 6.07) is 5.67. The third-order valence-corrected chi connectivity index (χ3v) is 3.02. The van der Waals surface area contributed by atoms with E-state index in [0.717, 1.165) is 42.9 Å². The number of nitrogens with one attached hydrogen (secondary N) is 1. The number of benzene rings is 1. The van der Waals surface area contributed by atoms with Crippen LogP contribution >= 0.6 is 0 Å². The van der Waals surface area contributed by atoms with Gasteiger partial charge in [0, 0.05) is 18.7 Å². The van der Waals surface area contributed by atoms with Gasteiger partial charge in [-0.05, 0) is 50.7 Å². The van der Waals surface area contributed by atoms with Gasteiger partial charge in [0.05, 0.1) is 6.61 Å². The molecule has 0 saturated carbocycles. The van der Waals surface area contributed by atoms with Crippen molar-refractivity contribution in [1.29, 1.82) is 0 Å². The van der Waals surface area contributed by atoms with E-state index in [1.807, 2.05) is 37.2 Å². The number of likely N-dealkylation sites (N-methyl/N-ethyl adjacent to an activating group) is 1. The zero-order valence-corrected chi connectivity index (χ0v) is 11.0. The lowest BCUT2D eigenvalue weighted by molar-refractivity contribution is 0.0951. The predicted octanol–water partition coefficient (Wildman–Crippen LogP) is 1.30. The van der Waals surface area contributed by atoms with Gasteiger partial charge in [-0.2, -0.15) is 0 Å². The first-order chi connectivity index (χ1) is 8.66. The summed E-state index contributed by atoms with van der Waals surface area (Å²) in [6.45, 7) is 2.29. The van der Waals surface area contributed by atoms with Crippen molar-refractivity contribution in [2.45, 2.75) is 12.8 Å². The van der Waals surface area contributed by atoms with Gasteiger partial charge in [0.1, 0.15) is 5.75 Å². The SMILES string of the molecule is CN(C)CCNC(=O)c1ccc2c(c1)CCCO2. The maximum Gasteiger partial charge on any atom is 0.251 e. The molecule has 1 amide bonds. The third-order valence-electron chi connectivity index (χ3n) is 3.02. The molecule has 0 aromatic heterocycles. The fraction of sp³-hybridized carbons (Fsp3) is 0.500. The summed E-state index contributed by atoms with van der Waals surface area (Å²) in [6.07, 6.45) is 2.02. The van der Waals surface area contributed by atoms with Crippen LogP contribution in [0.4, 0.5) is 0 Å². The Morgan fingerprint density at radius 1 is 1.44 bits per heavy atom. The van der Waals surface area contributed by atoms with Gasteiger partial charge in [0.2, 0.25) is 0 Å². The molecule has 98 valence electrons. The van der Waals surface area contributed by atoms with Crippen LogP contribution in [0.5, 0.6) is 5.75 Å². The molecule has 4 nitrogen and oxygen atoms in total. The van der Waals surface area contributed by atoms with Crippen LogP contribution in [0, 0.1) is 0 Å². The smallest absolute Gasteiger partial charge is 0.251 e. The number of hydrogen-bond donors (Lipinski definition) is 1. The van der Waals surface area contributed by atoms with Crippen LogP contribution in [-0.2, 0) is 6.42 Å². The zero-order valence-electron chi connectivity index (χ0n) is 11.0. The van der Waals surface area contributed by atoms with Crippen LogP contribution in [0.1, 0.15) is 22.3 Å². The summed E-state index contributed by atoms with van der Waals surface area (Å²) in [5.41, 5.74) is 1.86. The van der Waals surface area contributed by atoms with Crippen LogP contribution in [0.15, 0.2) is 18.2 Å². The molecule has 0 unspecified atom stereocenters. The molecule has 1 N–H and O–H groups in total. The molecule has 1 aromatic rings. The molecule has 1 aliphatic heterocycles. The van der Waals surface area contributed by atoms with Crippen molar-refractivity contribution in [3.63, 3.8) is 0 Å². The van der Waals surface area contributed by atoms with Crippen LogP contribution < -0.4 is 10.1 Å². The number of carbonyl (C=O) groups excluding carboxylic acids is 1. The van der Waals surface area contributed by atoms with E-state index in [-0.39, 0.29) is 5.91 Å². The Hall–Kier alpha value is -1.55. The van der Waals surface area contributed by atoms with E-state index in [9.17, 15) is 4.79 Å². The van der Waals surface area contributed by atoms with Crippen LogP contribution in [0.25, 0.3) is 0 Å². The van der Waals surface area contributed by atoms with Crippen LogP contribution in [0.3, 0.4) is 0 Å². The van der Waals surface area contributed by atoms with E-state index < -0.39 is 0 Å². The molecular formula is C14H20N2O2. The van der Waals surface area contributed by atoms with Gasteiger partial charge in [-0.3, -0.25) is 4.79 Å². The van der Waals surface area contributed by atoms with Crippen molar-refractivity contribution < 1.29 is 9.53 Å². The normalized spacial score (nSPS) is 13.9. The van der Waals surface area contributed by atoms with Gasteiger partial charge in [-0.1, -0.05) is 0 Å². The summed E-state index contributed by atoms with van der Waals surface area (Å²) in [5, 5.41) is 2.92. The second kappa shape index (κ2) is 5.87. The lowest BCUT2D eigenvalue weighted by Gasteiger charge is -2.17. The number of hydrogen-bond acceptors (Lipinski definition) is 3. The molecule has 1 heterocycles. The van der Waals surface area contributed by atoms with E-state index in [2.05, 4.69) is 5.32 Å². The lowest BCUT2D eigenvalue weighted by Crippen LogP contribution is -2.31. The molecule has 0 aliphatic carbocycles. The molecule has 4 heteroatoms. The Balaban J connectivity index is 1.98. The summed E-state index contributed by atoms with van der Waals surface area (Å²) in [4.78, 5) is 14.0. The lowest BCUT2D eigenvalue weighted by atomic mass is 10.0. The molecule has 0 atom stereocenters. The van der Waals surface area contributed by atoms with Gasteiger partial charge in [0.15, 0.2) is 0 Å². The molecule has 1 aromatic carbocycles. The number of ether oxygens (including phenoxy) is 1. The highest BCUT2D eigenvalue weighted by Gasteiger charge is 2.13. The van der Waals surface area contributed by atoms with Crippen molar-refractivity contribution in [3.8, 4) is 5.75 Å². The molecule has 0 bridgehead atoms. The molecular weight excluding hydrogens is 228 g/mol. The van der Waals surface area contributed by atoms with Crippen molar-refractivity contribution in [3.05, 3.63) is 29.3 Å². The van der Waals surface area contributed by atoms with Crippen molar-refractivity contribution >= 4 is 5.91 Å². The second-order valence-electron chi connectivity index (χ2n) is 4.83. The van der Waals surface area contributed by atoms with E-state index in [4.69, 9.17) is 4.74 Å². The molecule has 2 rings (SSSR count). The van der Waals surface area contributed by atoms with E-state index in [1.54, 1.807) is 0 Å². The standard InChI is InChI=1S/C14H20N2O2/c1-16(2)8-7-15-14(17)12-5-6-13-11(10-12)4-3-9-18-13/h5-6,10H,3-4,7-9H2,1-2H3,(H,15,17). The Kier molecular flexibility index (Phi) is 4.20. The van der Waals surface area contributed by atoms with Gasteiger partial charge < -0.3 is 15.0 Å². The first-order valence-corrected chi connectivity index (χ1v) is 6.35. The van der Waals surface area contributed by atoms with Gasteiger partial charge >= 0.3 is 0 Å². The topological polar surface area (TPSA) is 41.6 Å². The first-order valence-electron chi connectivity index (χ1n) is 6.35. The van der Waals surface area contributed by atoms with Crippen molar-refractivity contribution in [2.75, 3.05) is 33.8 Å². The molecule has 0 saturated heterocycles. The monoisotopic (exact) mass is 248 g/mol. The fourth-order valence-corrected chi connectivity index (χ4v) is 2.00. The maximum absolute atomic E-state index is 11.9. The third kappa shape index (κ3) is 3.23. The van der Waals surface area contributed by atoms with Gasteiger partial charge in [-0.25, -0.2) is 0 Å². The Bertz CT molecular complexity index is 430. The van der Waals surface area contributed by atoms with E-state index >= 15 is 0 Å². The maximum atomic E-state index is 11.9. The first kappa shape index (κ1) is 12.9. The number of carbonyl (C=O) groups is 1. The minimum Gasteiger partial charge on any atom is -0.493 e. The fourth-order valence-electron chi connectivity index (χ4n) is 2.00. The molecule has 0 fully saturated rings. The summed E-state index contributed by atoms with van der Waals surface area (Å²) in [7, 11) is 3.98. The van der Waals surface area contributed by atoms with E-state index in [0.29, 0.717) is 6.54 Å². The summed E-state index contributed by atoms with van der Waals surface area (Å²) < 4.78 is 5.53. The minimum absolute atomic E-state index is 0.00905. The zero-order chi connectivity index (χ0) is 13.0. The molecule has 1 aliphatic rings. The molecule has 18 heavy (non-hydrogen) atoms. The quantitative estimate of drug-likeness (QED) is 0.873. The van der Waals surface area contributed by atoms with Crippen molar-refractivity contribution in [2.24, 2.45) is 0 Å². The second-order valence-corrected chi connectivity index (χ2v) is 4.83. The molecule has 0 radical (unpaired) electrons. The predicted molar refractivity (Wildman–Crippen MR) is 71.1 cm³/mol. The number of aryl methyl sites for hydroxylation is 1. The number of amides is 1. The highest BCUT2D eigenvalue weighted by Crippen LogP contribution is 2.25. The number of nitrogens with zero attached hydrogens (tertiary/aromatic N) is 1. The van der Waals surface area contributed by atoms with Gasteiger partial charge in [0.25, 0.3) is 5.91 Å². The highest BCUT2D eigenvalue weighted by atomic mass is 16.5. The van der Waals surface area contributed by atoms with Crippen LogP contribution in [0.2, 0.25) is 0 Å².